The van der Waals surface area contributed by atoms with E-state index in [1.165, 1.54) is 12.8 Å². The minimum Gasteiger partial charge on any atom is -0.329 e. The van der Waals surface area contributed by atoms with Crippen molar-refractivity contribution in [1.29, 1.82) is 0 Å². The Bertz CT molecular complexity index is 386. The third kappa shape index (κ3) is 3.28. The van der Waals surface area contributed by atoms with Crippen molar-refractivity contribution >= 4 is 23.2 Å². The number of hydrogen-bond acceptors (Lipinski definition) is 4. The Hall–Kier alpha value is -0.420. The zero-order chi connectivity index (χ0) is 12.3. The summed E-state index contributed by atoms with van der Waals surface area (Å²) in [5.41, 5.74) is 6.70. The summed E-state index contributed by atoms with van der Waals surface area (Å²) in [6, 6.07) is 0.440. The monoisotopic (exact) mass is 274 g/mol. The van der Waals surface area contributed by atoms with Gasteiger partial charge in [-0.05, 0) is 31.0 Å². The van der Waals surface area contributed by atoms with Gasteiger partial charge < -0.3 is 5.73 Å². The van der Waals surface area contributed by atoms with Crippen LogP contribution in [0.3, 0.4) is 0 Å². The van der Waals surface area contributed by atoms with Crippen molar-refractivity contribution in [1.82, 2.24) is 14.9 Å². The number of hydrogen-bond donors (Lipinski definition) is 1. The van der Waals surface area contributed by atoms with Gasteiger partial charge in [-0.15, -0.1) is 0 Å². The van der Waals surface area contributed by atoms with Gasteiger partial charge in [-0.25, -0.2) is 9.97 Å². The van der Waals surface area contributed by atoms with E-state index in [4.69, 9.17) is 28.9 Å². The molecular weight excluding hydrogens is 259 g/mol. The molecule has 0 aliphatic carbocycles. The minimum atomic E-state index is 0.188. The average Bonchev–Trinajstić information content (AvgIpc) is 2.33. The van der Waals surface area contributed by atoms with E-state index in [2.05, 4.69) is 14.9 Å². The van der Waals surface area contributed by atoms with Crippen molar-refractivity contribution in [2.24, 2.45) is 5.73 Å². The summed E-state index contributed by atoms with van der Waals surface area (Å²) in [5.74, 6) is 0. The molecule has 2 N–H and O–H groups in total. The molecule has 2 rings (SSSR count). The summed E-state index contributed by atoms with van der Waals surface area (Å²) >= 11 is 11.7. The molecule has 0 bridgehead atoms. The van der Waals surface area contributed by atoms with Gasteiger partial charge in [0.1, 0.15) is 5.15 Å². The van der Waals surface area contributed by atoms with Crippen LogP contribution >= 0.6 is 23.2 Å². The Labute approximate surface area is 111 Å². The normalized spacial score (nSPS) is 21.7. The minimum absolute atomic E-state index is 0.188. The fourth-order valence-corrected chi connectivity index (χ4v) is 2.59. The third-order valence-corrected chi connectivity index (χ3v) is 3.69. The number of nitrogens with zero attached hydrogens (tertiary/aromatic N) is 3. The molecule has 1 saturated heterocycles. The number of aromatic nitrogens is 2. The molecule has 1 aliphatic heterocycles. The van der Waals surface area contributed by atoms with Crippen molar-refractivity contribution in [3.8, 4) is 0 Å². The van der Waals surface area contributed by atoms with E-state index in [-0.39, 0.29) is 5.28 Å². The second-order valence-corrected chi connectivity index (χ2v) is 5.01. The van der Waals surface area contributed by atoms with Crippen LogP contribution in [0, 0.1) is 0 Å². The lowest BCUT2D eigenvalue weighted by atomic mass is 10.0. The highest BCUT2D eigenvalue weighted by Crippen LogP contribution is 2.22. The Balaban J connectivity index is 2.08. The molecule has 1 aliphatic rings. The van der Waals surface area contributed by atoms with Crippen LogP contribution < -0.4 is 5.73 Å². The maximum atomic E-state index is 6.05. The van der Waals surface area contributed by atoms with Gasteiger partial charge in [0.05, 0.1) is 0 Å². The average molecular weight is 275 g/mol. The van der Waals surface area contributed by atoms with Crippen LogP contribution in [0.1, 0.15) is 24.8 Å². The highest BCUT2D eigenvalue weighted by atomic mass is 35.5. The van der Waals surface area contributed by atoms with E-state index in [1.54, 1.807) is 6.20 Å². The SMILES string of the molecule is NC[C@H]1CCCCN1Cc1cnc(Cl)nc1Cl. The summed E-state index contributed by atoms with van der Waals surface area (Å²) < 4.78 is 0. The molecule has 0 aromatic carbocycles. The Morgan fingerprint density at radius 2 is 2.24 bits per heavy atom. The lowest BCUT2D eigenvalue weighted by Gasteiger charge is -2.34. The van der Waals surface area contributed by atoms with Gasteiger partial charge in [0.15, 0.2) is 0 Å². The highest BCUT2D eigenvalue weighted by Gasteiger charge is 2.22. The molecule has 6 heteroatoms. The van der Waals surface area contributed by atoms with Gasteiger partial charge in [-0.1, -0.05) is 18.0 Å². The summed E-state index contributed by atoms with van der Waals surface area (Å²) in [4.78, 5) is 10.3. The summed E-state index contributed by atoms with van der Waals surface area (Å²) in [6.07, 6.45) is 5.31. The van der Waals surface area contributed by atoms with Crippen molar-refractivity contribution in [2.45, 2.75) is 31.8 Å². The van der Waals surface area contributed by atoms with Crippen molar-refractivity contribution in [2.75, 3.05) is 13.1 Å². The van der Waals surface area contributed by atoms with Gasteiger partial charge in [-0.3, -0.25) is 4.90 Å². The van der Waals surface area contributed by atoms with E-state index in [0.29, 0.717) is 17.7 Å². The lowest BCUT2D eigenvalue weighted by molar-refractivity contribution is 0.144. The zero-order valence-corrected chi connectivity index (χ0v) is 11.1. The Morgan fingerprint density at radius 3 is 2.94 bits per heavy atom. The standard InChI is InChI=1S/C11H16Cl2N4/c12-10-8(6-15-11(13)16-10)7-17-4-2-1-3-9(17)5-14/h6,9H,1-5,7,14H2/t9-/m1/s1. The molecule has 1 fully saturated rings. The molecule has 94 valence electrons. The molecule has 4 nitrogen and oxygen atoms in total. The third-order valence-electron chi connectivity index (χ3n) is 3.18. The number of rotatable bonds is 3. The van der Waals surface area contributed by atoms with Gasteiger partial charge in [0, 0.05) is 30.9 Å². The summed E-state index contributed by atoms with van der Waals surface area (Å²) in [7, 11) is 0. The molecule has 0 spiro atoms. The van der Waals surface area contributed by atoms with Crippen molar-refractivity contribution in [3.05, 3.63) is 22.2 Å². The van der Waals surface area contributed by atoms with Crippen LogP contribution in [-0.4, -0.2) is 34.0 Å². The maximum Gasteiger partial charge on any atom is 0.223 e. The van der Waals surface area contributed by atoms with Crippen LogP contribution in [-0.2, 0) is 6.54 Å². The van der Waals surface area contributed by atoms with Gasteiger partial charge >= 0.3 is 0 Å². The highest BCUT2D eigenvalue weighted by molar-refractivity contribution is 6.32. The molecule has 1 aromatic rings. The van der Waals surface area contributed by atoms with E-state index in [9.17, 15) is 0 Å². The van der Waals surface area contributed by atoms with Crippen LogP contribution in [0.25, 0.3) is 0 Å². The van der Waals surface area contributed by atoms with Crippen LogP contribution in [0.4, 0.5) is 0 Å². The molecular formula is C11H16Cl2N4. The van der Waals surface area contributed by atoms with E-state index < -0.39 is 0 Å². The summed E-state index contributed by atoms with van der Waals surface area (Å²) in [6.45, 7) is 2.49. The first-order chi connectivity index (χ1) is 8.20. The maximum absolute atomic E-state index is 6.05. The fourth-order valence-electron chi connectivity index (χ4n) is 2.23. The molecule has 0 unspecified atom stereocenters. The predicted octanol–water partition coefficient (Wildman–Crippen LogP) is 2.10. The fraction of sp³-hybridized carbons (Fsp3) is 0.636. The van der Waals surface area contributed by atoms with Crippen LogP contribution in [0.5, 0.6) is 0 Å². The molecule has 0 radical (unpaired) electrons. The van der Waals surface area contributed by atoms with E-state index in [0.717, 1.165) is 25.1 Å². The number of halogens is 2. The van der Waals surface area contributed by atoms with Gasteiger partial charge in [0.2, 0.25) is 5.28 Å². The molecule has 0 amide bonds. The topological polar surface area (TPSA) is 55.0 Å². The predicted molar refractivity (Wildman–Crippen MR) is 69.2 cm³/mol. The first-order valence-electron chi connectivity index (χ1n) is 5.81. The first-order valence-corrected chi connectivity index (χ1v) is 6.57. The molecule has 2 heterocycles. The lowest BCUT2D eigenvalue weighted by Crippen LogP contribution is -2.43. The molecule has 1 atom stereocenters. The Kier molecular flexibility index (Phi) is 4.56. The van der Waals surface area contributed by atoms with Gasteiger partial charge in [-0.2, -0.15) is 0 Å². The number of piperidine rings is 1. The molecule has 1 aromatic heterocycles. The van der Waals surface area contributed by atoms with Crippen molar-refractivity contribution in [3.63, 3.8) is 0 Å². The second kappa shape index (κ2) is 5.96. The van der Waals surface area contributed by atoms with Crippen molar-refractivity contribution < 1.29 is 0 Å². The number of likely N-dealkylation sites (tertiary alicyclic amines) is 1. The smallest absolute Gasteiger partial charge is 0.223 e. The van der Waals surface area contributed by atoms with Gasteiger partial charge in [0.25, 0.3) is 0 Å². The number of nitrogens with two attached hydrogens (primary N) is 1. The van der Waals surface area contributed by atoms with Crippen LogP contribution in [0.15, 0.2) is 6.20 Å². The zero-order valence-electron chi connectivity index (χ0n) is 9.57. The van der Waals surface area contributed by atoms with E-state index in [1.807, 2.05) is 0 Å². The first kappa shape index (κ1) is 13.0. The largest absolute Gasteiger partial charge is 0.329 e. The van der Waals surface area contributed by atoms with Crippen LogP contribution in [0.2, 0.25) is 10.4 Å². The Morgan fingerprint density at radius 1 is 1.41 bits per heavy atom. The summed E-state index contributed by atoms with van der Waals surface area (Å²) in [5, 5.41) is 0.624. The van der Waals surface area contributed by atoms with E-state index >= 15 is 0 Å². The quantitative estimate of drug-likeness (QED) is 0.678. The molecule has 17 heavy (non-hydrogen) atoms. The molecule has 0 saturated carbocycles. The second-order valence-electron chi connectivity index (χ2n) is 4.31.